The van der Waals surface area contributed by atoms with Crippen molar-refractivity contribution in [3.8, 4) is 16.9 Å². The molecule has 182 valence electrons. The molecular weight excluding hydrogens is 473 g/mol. The van der Waals surface area contributed by atoms with Crippen LogP contribution in [-0.4, -0.2) is 35.9 Å². The first-order chi connectivity index (χ1) is 16.0. The van der Waals surface area contributed by atoms with E-state index in [-0.39, 0.29) is 18.0 Å². The summed E-state index contributed by atoms with van der Waals surface area (Å²) in [7, 11) is 0. The number of aromatic carboxylic acids is 1. The number of carboxylic acid groups (broad SMARTS) is 1. The molecule has 0 spiro atoms. The number of carboxylic acids is 1. The van der Waals surface area contributed by atoms with E-state index in [1.54, 1.807) is 24.3 Å². The zero-order valence-corrected chi connectivity index (χ0v) is 20.7. The maximum Gasteiger partial charge on any atom is 0.339 e. The second-order valence-corrected chi connectivity index (χ2v) is 8.38. The zero-order valence-electron chi connectivity index (χ0n) is 19.2. The van der Waals surface area contributed by atoms with E-state index in [1.165, 1.54) is 5.56 Å². The van der Waals surface area contributed by atoms with Crippen molar-refractivity contribution in [1.29, 1.82) is 0 Å². The van der Waals surface area contributed by atoms with E-state index in [2.05, 4.69) is 17.4 Å². The molecule has 0 saturated carbocycles. The predicted molar refractivity (Wildman–Crippen MR) is 139 cm³/mol. The number of nitrogens with one attached hydrogen (secondary N) is 1. The van der Waals surface area contributed by atoms with Gasteiger partial charge in [0.25, 0.3) is 0 Å². The highest BCUT2D eigenvalue weighted by Crippen LogP contribution is 2.28. The third-order valence-corrected chi connectivity index (χ3v) is 5.59. The van der Waals surface area contributed by atoms with Crippen LogP contribution in [-0.2, 0) is 6.42 Å². The van der Waals surface area contributed by atoms with Gasteiger partial charge in [-0.05, 0) is 72.3 Å². The number of aliphatic hydroxyl groups is 1. The third-order valence-electron chi connectivity index (χ3n) is 5.35. The molecule has 0 bridgehead atoms. The molecule has 3 rings (SSSR count). The highest BCUT2D eigenvalue weighted by Gasteiger charge is 2.13. The number of hydrogen-bond acceptors (Lipinski definition) is 4. The first kappa shape index (κ1) is 27.7. The summed E-state index contributed by atoms with van der Waals surface area (Å²) in [6, 6.07) is 20.8. The van der Waals surface area contributed by atoms with E-state index in [4.69, 9.17) is 16.3 Å². The maximum atomic E-state index is 11.4. The molecule has 34 heavy (non-hydrogen) atoms. The Kier molecular flexibility index (Phi) is 11.4. The fourth-order valence-electron chi connectivity index (χ4n) is 3.56. The van der Waals surface area contributed by atoms with Crippen LogP contribution >= 0.6 is 24.0 Å². The highest BCUT2D eigenvalue weighted by atomic mass is 35.5. The zero-order chi connectivity index (χ0) is 23.6. The number of ether oxygens (including phenoxy) is 1. The quantitative estimate of drug-likeness (QED) is 0.257. The largest absolute Gasteiger partial charge is 0.493 e. The number of rotatable bonds is 12. The van der Waals surface area contributed by atoms with E-state index in [0.29, 0.717) is 23.9 Å². The number of carbonyl (C=O) groups is 1. The lowest BCUT2D eigenvalue weighted by molar-refractivity contribution is 0.0692. The van der Waals surface area contributed by atoms with Gasteiger partial charge in [0.15, 0.2) is 0 Å². The van der Waals surface area contributed by atoms with E-state index in [0.717, 1.165) is 42.5 Å². The Morgan fingerprint density at radius 3 is 2.47 bits per heavy atom. The van der Waals surface area contributed by atoms with Crippen molar-refractivity contribution in [1.82, 2.24) is 5.32 Å². The highest BCUT2D eigenvalue weighted by molar-refractivity contribution is 6.30. The molecular formula is C27H31Cl2NO4. The fourth-order valence-corrected chi connectivity index (χ4v) is 3.76. The Labute approximate surface area is 212 Å². The van der Waals surface area contributed by atoms with Crippen LogP contribution in [0.3, 0.4) is 0 Å². The lowest BCUT2D eigenvalue weighted by Crippen LogP contribution is -2.22. The molecule has 7 heteroatoms. The minimum Gasteiger partial charge on any atom is -0.493 e. The van der Waals surface area contributed by atoms with Crippen molar-refractivity contribution < 1.29 is 19.7 Å². The molecule has 0 aliphatic heterocycles. The summed E-state index contributed by atoms with van der Waals surface area (Å²) < 4.78 is 5.65. The second-order valence-electron chi connectivity index (χ2n) is 7.94. The average Bonchev–Trinajstić information content (AvgIpc) is 2.82. The molecule has 0 unspecified atom stereocenters. The lowest BCUT2D eigenvalue weighted by atomic mass is 10.0. The van der Waals surface area contributed by atoms with Crippen molar-refractivity contribution in [2.24, 2.45) is 0 Å². The van der Waals surface area contributed by atoms with Crippen LogP contribution in [0.1, 0.15) is 47.4 Å². The number of aliphatic hydroxyl groups excluding tert-OH is 1. The first-order valence-corrected chi connectivity index (χ1v) is 11.6. The van der Waals surface area contributed by atoms with Gasteiger partial charge in [-0.15, -0.1) is 12.4 Å². The van der Waals surface area contributed by atoms with Gasteiger partial charge in [-0.2, -0.15) is 0 Å². The molecule has 0 aliphatic carbocycles. The molecule has 0 saturated heterocycles. The topological polar surface area (TPSA) is 78.8 Å². The van der Waals surface area contributed by atoms with Gasteiger partial charge in [0.1, 0.15) is 11.3 Å². The minimum absolute atomic E-state index is 0. The smallest absolute Gasteiger partial charge is 0.339 e. The normalized spacial score (nSPS) is 11.5. The average molecular weight is 504 g/mol. The van der Waals surface area contributed by atoms with Crippen molar-refractivity contribution in [3.63, 3.8) is 0 Å². The van der Waals surface area contributed by atoms with Crippen LogP contribution < -0.4 is 10.1 Å². The van der Waals surface area contributed by atoms with Crippen LogP contribution in [0, 0.1) is 0 Å². The van der Waals surface area contributed by atoms with Gasteiger partial charge >= 0.3 is 5.97 Å². The van der Waals surface area contributed by atoms with Gasteiger partial charge < -0.3 is 20.3 Å². The van der Waals surface area contributed by atoms with Gasteiger partial charge in [-0.25, -0.2) is 4.79 Å². The van der Waals surface area contributed by atoms with Gasteiger partial charge in [0.2, 0.25) is 0 Å². The van der Waals surface area contributed by atoms with Gasteiger partial charge in [-0.3, -0.25) is 0 Å². The maximum absolute atomic E-state index is 11.4. The predicted octanol–water partition coefficient (Wildman–Crippen LogP) is 6.17. The molecule has 3 aromatic rings. The molecule has 0 aromatic heterocycles. The van der Waals surface area contributed by atoms with Crippen LogP contribution in [0.4, 0.5) is 0 Å². The Balaban J connectivity index is 0.00000408. The number of halogens is 2. The Hall–Kier alpha value is -2.57. The van der Waals surface area contributed by atoms with Crippen molar-refractivity contribution in [2.75, 3.05) is 19.7 Å². The summed E-state index contributed by atoms with van der Waals surface area (Å²) in [4.78, 5) is 11.4. The number of benzene rings is 3. The SMILES string of the molecule is CCCOc1cc(-c2ccc(CCCNC[C@H](O)c3cccc(Cl)c3)cc2)ccc1C(=O)O.Cl. The molecule has 5 nitrogen and oxygen atoms in total. The summed E-state index contributed by atoms with van der Waals surface area (Å²) >= 11 is 5.98. The van der Waals surface area contributed by atoms with Crippen LogP contribution in [0.15, 0.2) is 66.7 Å². The lowest BCUT2D eigenvalue weighted by Gasteiger charge is -2.13. The summed E-state index contributed by atoms with van der Waals surface area (Å²) in [5, 5.41) is 23.5. The standard InChI is InChI=1S/C27H30ClNO4.ClH/c1-2-15-33-26-17-21(12-13-24(26)27(31)32)20-10-8-19(9-11-20)5-4-14-29-18-25(30)22-6-3-7-23(28)16-22;/h3,6-13,16-17,25,29-30H,2,4-5,14-15,18H2,1H3,(H,31,32);1H/t25-;/m0./s1. The molecule has 3 N–H and O–H groups in total. The van der Waals surface area contributed by atoms with Crippen molar-refractivity contribution in [3.05, 3.63) is 88.4 Å². The summed E-state index contributed by atoms with van der Waals surface area (Å²) in [5.41, 5.74) is 4.15. The van der Waals surface area contributed by atoms with Crippen LogP contribution in [0.25, 0.3) is 11.1 Å². The fraction of sp³-hybridized carbons (Fsp3) is 0.296. The molecule has 0 radical (unpaired) electrons. The Morgan fingerprint density at radius 1 is 1.06 bits per heavy atom. The minimum atomic E-state index is -0.989. The first-order valence-electron chi connectivity index (χ1n) is 11.2. The monoisotopic (exact) mass is 503 g/mol. The Morgan fingerprint density at radius 2 is 1.79 bits per heavy atom. The van der Waals surface area contributed by atoms with Gasteiger partial charge in [-0.1, -0.05) is 61.0 Å². The number of hydrogen-bond donors (Lipinski definition) is 3. The van der Waals surface area contributed by atoms with Crippen LogP contribution in [0.2, 0.25) is 5.02 Å². The molecule has 1 atom stereocenters. The summed E-state index contributed by atoms with van der Waals surface area (Å²) in [6.45, 7) is 3.75. The molecule has 0 fully saturated rings. The summed E-state index contributed by atoms with van der Waals surface area (Å²) in [6.07, 6.45) is 2.10. The molecule has 0 amide bonds. The molecule has 0 aliphatic rings. The number of aryl methyl sites for hydroxylation is 1. The second kappa shape index (κ2) is 14.0. The molecule has 3 aromatic carbocycles. The van der Waals surface area contributed by atoms with E-state index >= 15 is 0 Å². The molecule has 0 heterocycles. The van der Waals surface area contributed by atoms with Crippen molar-refractivity contribution in [2.45, 2.75) is 32.3 Å². The van der Waals surface area contributed by atoms with Gasteiger partial charge in [0, 0.05) is 11.6 Å². The van der Waals surface area contributed by atoms with E-state index in [1.807, 2.05) is 37.3 Å². The van der Waals surface area contributed by atoms with E-state index in [9.17, 15) is 15.0 Å². The summed E-state index contributed by atoms with van der Waals surface area (Å²) in [5.74, 6) is -0.589. The van der Waals surface area contributed by atoms with Crippen LogP contribution in [0.5, 0.6) is 5.75 Å². The third kappa shape index (κ3) is 8.03. The van der Waals surface area contributed by atoms with E-state index < -0.39 is 12.1 Å². The Bertz CT molecular complexity index is 1060. The van der Waals surface area contributed by atoms with Gasteiger partial charge in [0.05, 0.1) is 12.7 Å². The van der Waals surface area contributed by atoms with Crippen molar-refractivity contribution >= 4 is 30.0 Å².